The molecule has 86 valence electrons. The highest BCUT2D eigenvalue weighted by Crippen LogP contribution is 2.11. The van der Waals surface area contributed by atoms with Crippen molar-refractivity contribution in [2.75, 3.05) is 13.2 Å². The number of carbonyl (C=O) groups excluding carboxylic acids is 1. The van der Waals surface area contributed by atoms with Crippen LogP contribution in [0.3, 0.4) is 0 Å². The Hall–Kier alpha value is -1.13. The average molecular weight is 241 g/mol. The van der Waals surface area contributed by atoms with Gasteiger partial charge in [-0.3, -0.25) is 4.79 Å². The van der Waals surface area contributed by atoms with Gasteiger partial charge in [0.15, 0.2) is 0 Å². The molecule has 1 N–H and O–H groups in total. The first-order chi connectivity index (χ1) is 7.75. The molecular weight excluding hydrogens is 228 g/mol. The molecule has 1 aromatic heterocycles. The van der Waals surface area contributed by atoms with Crippen LogP contribution in [0.25, 0.3) is 0 Å². The lowest BCUT2D eigenvalue weighted by atomic mass is 10.2. The molecule has 1 aliphatic heterocycles. The van der Waals surface area contributed by atoms with E-state index in [0.717, 1.165) is 19.4 Å². The first-order valence-corrected chi connectivity index (χ1v) is 5.65. The summed E-state index contributed by atoms with van der Waals surface area (Å²) in [6, 6.07) is 3.25. The first kappa shape index (κ1) is 11.4. The molecular formula is C11H13ClN2O2. The van der Waals surface area contributed by atoms with Crippen LogP contribution in [0.15, 0.2) is 18.3 Å². The van der Waals surface area contributed by atoms with Gasteiger partial charge in [0.1, 0.15) is 5.15 Å². The van der Waals surface area contributed by atoms with E-state index in [1.165, 1.54) is 6.20 Å². The number of aromatic nitrogens is 1. The maximum atomic E-state index is 11.7. The van der Waals surface area contributed by atoms with Crippen LogP contribution in [0.5, 0.6) is 0 Å². The Bertz CT molecular complexity index is 361. The van der Waals surface area contributed by atoms with Crippen molar-refractivity contribution in [3.8, 4) is 0 Å². The number of nitrogens with zero attached hydrogens (tertiary/aromatic N) is 1. The van der Waals surface area contributed by atoms with E-state index >= 15 is 0 Å². The van der Waals surface area contributed by atoms with Crippen molar-refractivity contribution in [2.45, 2.75) is 18.9 Å². The van der Waals surface area contributed by atoms with Gasteiger partial charge in [0.05, 0.1) is 11.7 Å². The monoisotopic (exact) mass is 240 g/mol. The highest BCUT2D eigenvalue weighted by atomic mass is 35.5. The maximum Gasteiger partial charge on any atom is 0.252 e. The standard InChI is InChI=1S/C11H13ClN2O2/c12-10-4-3-8(6-13-10)11(15)14-7-9-2-1-5-16-9/h3-4,6,9H,1-2,5,7H2,(H,14,15)/t9-/m0/s1. The van der Waals surface area contributed by atoms with Crippen LogP contribution in [0.1, 0.15) is 23.2 Å². The molecule has 2 rings (SSSR count). The van der Waals surface area contributed by atoms with Crippen molar-refractivity contribution < 1.29 is 9.53 Å². The van der Waals surface area contributed by atoms with Crippen molar-refractivity contribution in [3.63, 3.8) is 0 Å². The highest BCUT2D eigenvalue weighted by molar-refractivity contribution is 6.29. The number of halogens is 1. The Morgan fingerprint density at radius 1 is 1.62 bits per heavy atom. The fourth-order valence-electron chi connectivity index (χ4n) is 1.62. The van der Waals surface area contributed by atoms with Crippen LogP contribution in [0.2, 0.25) is 5.15 Å². The van der Waals surface area contributed by atoms with Crippen LogP contribution in [-0.4, -0.2) is 30.1 Å². The van der Waals surface area contributed by atoms with Gasteiger partial charge in [0.25, 0.3) is 5.91 Å². The fraction of sp³-hybridized carbons (Fsp3) is 0.455. The molecule has 5 heteroatoms. The van der Waals surface area contributed by atoms with Gasteiger partial charge < -0.3 is 10.1 Å². The zero-order chi connectivity index (χ0) is 11.4. The van der Waals surface area contributed by atoms with E-state index in [4.69, 9.17) is 16.3 Å². The molecule has 1 amide bonds. The van der Waals surface area contributed by atoms with Gasteiger partial charge in [-0.1, -0.05) is 11.6 Å². The summed E-state index contributed by atoms with van der Waals surface area (Å²) < 4.78 is 5.41. The zero-order valence-electron chi connectivity index (χ0n) is 8.78. The summed E-state index contributed by atoms with van der Waals surface area (Å²) in [5, 5.41) is 3.20. The topological polar surface area (TPSA) is 51.2 Å². The van der Waals surface area contributed by atoms with E-state index in [0.29, 0.717) is 17.3 Å². The van der Waals surface area contributed by atoms with E-state index < -0.39 is 0 Å². The molecule has 0 aromatic carbocycles. The molecule has 0 radical (unpaired) electrons. The van der Waals surface area contributed by atoms with Crippen LogP contribution in [0.4, 0.5) is 0 Å². The summed E-state index contributed by atoms with van der Waals surface area (Å²) in [5.41, 5.74) is 0.516. The third kappa shape index (κ3) is 2.93. The molecule has 2 heterocycles. The van der Waals surface area contributed by atoms with Crippen molar-refractivity contribution in [2.24, 2.45) is 0 Å². The first-order valence-electron chi connectivity index (χ1n) is 5.27. The molecule has 0 spiro atoms. The van der Waals surface area contributed by atoms with Gasteiger partial charge in [0.2, 0.25) is 0 Å². The third-order valence-electron chi connectivity index (χ3n) is 2.50. The van der Waals surface area contributed by atoms with Crippen LogP contribution in [-0.2, 0) is 4.74 Å². The summed E-state index contributed by atoms with van der Waals surface area (Å²) in [6.07, 6.45) is 3.71. The Morgan fingerprint density at radius 3 is 3.12 bits per heavy atom. The number of pyridine rings is 1. The smallest absolute Gasteiger partial charge is 0.252 e. The highest BCUT2D eigenvalue weighted by Gasteiger charge is 2.16. The quantitative estimate of drug-likeness (QED) is 0.818. The summed E-state index contributed by atoms with van der Waals surface area (Å²) in [6.45, 7) is 1.35. The lowest BCUT2D eigenvalue weighted by Gasteiger charge is -2.10. The Balaban J connectivity index is 1.85. The van der Waals surface area contributed by atoms with E-state index in [2.05, 4.69) is 10.3 Å². The largest absolute Gasteiger partial charge is 0.376 e. The second kappa shape index (κ2) is 5.27. The van der Waals surface area contributed by atoms with E-state index in [1.807, 2.05) is 0 Å². The van der Waals surface area contributed by atoms with Gasteiger partial charge in [-0.2, -0.15) is 0 Å². The zero-order valence-corrected chi connectivity index (χ0v) is 9.54. The summed E-state index contributed by atoms with van der Waals surface area (Å²) in [7, 11) is 0. The number of amides is 1. The second-order valence-electron chi connectivity index (χ2n) is 3.71. The van der Waals surface area contributed by atoms with Crippen molar-refractivity contribution in [3.05, 3.63) is 29.0 Å². The minimum atomic E-state index is -0.139. The molecule has 1 aromatic rings. The number of carbonyl (C=O) groups is 1. The minimum Gasteiger partial charge on any atom is -0.376 e. The summed E-state index contributed by atoms with van der Waals surface area (Å²) in [4.78, 5) is 15.5. The number of ether oxygens (including phenoxy) is 1. The molecule has 0 saturated carbocycles. The van der Waals surface area contributed by atoms with Gasteiger partial charge in [-0.05, 0) is 25.0 Å². The molecule has 1 saturated heterocycles. The van der Waals surface area contributed by atoms with Crippen molar-refractivity contribution >= 4 is 17.5 Å². The summed E-state index contributed by atoms with van der Waals surface area (Å²) in [5.74, 6) is -0.139. The molecule has 0 unspecified atom stereocenters. The molecule has 1 aliphatic rings. The van der Waals surface area contributed by atoms with Gasteiger partial charge in [-0.15, -0.1) is 0 Å². The normalized spacial score (nSPS) is 19.7. The van der Waals surface area contributed by atoms with Crippen LogP contribution < -0.4 is 5.32 Å². The Kier molecular flexibility index (Phi) is 3.74. The van der Waals surface area contributed by atoms with E-state index in [-0.39, 0.29) is 12.0 Å². The van der Waals surface area contributed by atoms with E-state index in [9.17, 15) is 4.79 Å². The lowest BCUT2D eigenvalue weighted by Crippen LogP contribution is -2.31. The Morgan fingerprint density at radius 2 is 2.50 bits per heavy atom. The van der Waals surface area contributed by atoms with E-state index in [1.54, 1.807) is 12.1 Å². The number of hydrogen-bond acceptors (Lipinski definition) is 3. The number of rotatable bonds is 3. The van der Waals surface area contributed by atoms with Crippen molar-refractivity contribution in [1.82, 2.24) is 10.3 Å². The van der Waals surface area contributed by atoms with Crippen LogP contribution in [0, 0.1) is 0 Å². The SMILES string of the molecule is O=C(NC[C@@H]1CCCO1)c1ccc(Cl)nc1. The third-order valence-corrected chi connectivity index (χ3v) is 2.73. The lowest BCUT2D eigenvalue weighted by molar-refractivity contribution is 0.0857. The van der Waals surface area contributed by atoms with Crippen LogP contribution >= 0.6 is 11.6 Å². The van der Waals surface area contributed by atoms with Gasteiger partial charge in [0, 0.05) is 19.3 Å². The molecule has 1 fully saturated rings. The fourth-order valence-corrected chi connectivity index (χ4v) is 1.74. The maximum absolute atomic E-state index is 11.7. The molecule has 16 heavy (non-hydrogen) atoms. The average Bonchev–Trinajstić information content (AvgIpc) is 2.80. The molecule has 0 bridgehead atoms. The molecule has 0 aliphatic carbocycles. The number of hydrogen-bond donors (Lipinski definition) is 1. The molecule has 1 atom stereocenters. The number of nitrogens with one attached hydrogen (secondary N) is 1. The van der Waals surface area contributed by atoms with Crippen molar-refractivity contribution in [1.29, 1.82) is 0 Å². The Labute approximate surface area is 99.0 Å². The minimum absolute atomic E-state index is 0.139. The van der Waals surface area contributed by atoms with Gasteiger partial charge in [-0.25, -0.2) is 4.98 Å². The van der Waals surface area contributed by atoms with Gasteiger partial charge >= 0.3 is 0 Å². The summed E-state index contributed by atoms with van der Waals surface area (Å²) >= 11 is 5.63. The second-order valence-corrected chi connectivity index (χ2v) is 4.10. The predicted octanol–water partition coefficient (Wildman–Crippen LogP) is 1.64. The molecule has 4 nitrogen and oxygen atoms in total. The predicted molar refractivity (Wildman–Crippen MR) is 60.6 cm³/mol.